The first kappa shape index (κ1) is 19.1. The van der Waals surface area contributed by atoms with Crippen molar-refractivity contribution < 1.29 is 19.1 Å². The second-order valence-corrected chi connectivity index (χ2v) is 6.71. The van der Waals surface area contributed by atoms with Crippen molar-refractivity contribution in [2.75, 3.05) is 13.2 Å². The molecule has 1 atom stereocenters. The van der Waals surface area contributed by atoms with Crippen LogP contribution < -0.4 is 0 Å². The molecule has 2 rings (SSSR count). The van der Waals surface area contributed by atoms with Gasteiger partial charge in [-0.25, -0.2) is 0 Å². The Hall–Kier alpha value is -2.25. The van der Waals surface area contributed by atoms with Gasteiger partial charge in [0, 0.05) is 12.3 Å². The zero-order chi connectivity index (χ0) is 18.4. The molecule has 2 heterocycles. The summed E-state index contributed by atoms with van der Waals surface area (Å²) in [6.45, 7) is 7.04. The Balaban J connectivity index is 1.85. The highest BCUT2D eigenvalue weighted by atomic mass is 16.5. The number of esters is 1. The van der Waals surface area contributed by atoms with E-state index < -0.39 is 0 Å². The van der Waals surface area contributed by atoms with Crippen LogP contribution in [0.5, 0.6) is 0 Å². The summed E-state index contributed by atoms with van der Waals surface area (Å²) >= 11 is 0. The lowest BCUT2D eigenvalue weighted by Crippen LogP contribution is -2.45. The number of amides is 1. The van der Waals surface area contributed by atoms with Gasteiger partial charge in [0.1, 0.15) is 5.69 Å². The number of hydrogen-bond acceptors (Lipinski definition) is 6. The Morgan fingerprint density at radius 3 is 2.84 bits per heavy atom. The molecule has 0 bridgehead atoms. The van der Waals surface area contributed by atoms with Gasteiger partial charge in [0.05, 0.1) is 38.9 Å². The molecule has 1 aromatic heterocycles. The van der Waals surface area contributed by atoms with Gasteiger partial charge in [-0.1, -0.05) is 26.0 Å². The summed E-state index contributed by atoms with van der Waals surface area (Å²) < 4.78 is 6.56. The Bertz CT molecular complexity index is 626. The van der Waals surface area contributed by atoms with Crippen LogP contribution in [0.2, 0.25) is 0 Å². The van der Waals surface area contributed by atoms with Crippen molar-refractivity contribution in [3.63, 3.8) is 0 Å². The number of carbonyl (C=O) groups excluding carboxylic acids is 3. The molecule has 0 aromatic carbocycles. The SMILES string of the molecule is CCCOC(=O)CCn1cc(CN2CC(=O)C(C(C)C)CC2=O)nn1. The van der Waals surface area contributed by atoms with Gasteiger partial charge in [0.15, 0.2) is 5.78 Å². The first-order chi connectivity index (χ1) is 11.9. The molecule has 8 nitrogen and oxygen atoms in total. The number of ketones is 1. The van der Waals surface area contributed by atoms with E-state index in [1.807, 2.05) is 20.8 Å². The molecule has 1 amide bonds. The minimum atomic E-state index is -0.268. The Morgan fingerprint density at radius 2 is 2.16 bits per heavy atom. The number of aryl methyl sites for hydroxylation is 1. The van der Waals surface area contributed by atoms with Crippen molar-refractivity contribution in [3.8, 4) is 0 Å². The van der Waals surface area contributed by atoms with Gasteiger partial charge in [0.25, 0.3) is 0 Å². The second kappa shape index (κ2) is 8.73. The summed E-state index contributed by atoms with van der Waals surface area (Å²) in [7, 11) is 0. The molecule has 8 heteroatoms. The Morgan fingerprint density at radius 1 is 1.40 bits per heavy atom. The normalized spacial score (nSPS) is 18.1. The third-order valence-electron chi connectivity index (χ3n) is 4.26. The first-order valence-electron chi connectivity index (χ1n) is 8.75. The maximum absolute atomic E-state index is 12.2. The van der Waals surface area contributed by atoms with Crippen LogP contribution in [-0.2, 0) is 32.2 Å². The van der Waals surface area contributed by atoms with E-state index in [0.29, 0.717) is 18.8 Å². The van der Waals surface area contributed by atoms with Gasteiger partial charge < -0.3 is 9.64 Å². The summed E-state index contributed by atoms with van der Waals surface area (Å²) in [5.74, 6) is -0.215. The lowest BCUT2D eigenvalue weighted by Gasteiger charge is -2.31. The number of Topliss-reactive ketones (excluding diaryl/α,β-unsaturated/α-hetero) is 1. The minimum absolute atomic E-state index is 0.0315. The fraction of sp³-hybridized carbons (Fsp3) is 0.706. The molecule has 1 aliphatic heterocycles. The molecular formula is C17H26N4O4. The summed E-state index contributed by atoms with van der Waals surface area (Å²) in [5, 5.41) is 7.98. The zero-order valence-electron chi connectivity index (χ0n) is 15.1. The van der Waals surface area contributed by atoms with Gasteiger partial charge in [-0.05, 0) is 12.3 Å². The molecular weight excluding hydrogens is 324 g/mol. The van der Waals surface area contributed by atoms with Gasteiger partial charge in [-0.15, -0.1) is 5.10 Å². The van der Waals surface area contributed by atoms with Crippen molar-refractivity contribution >= 4 is 17.7 Å². The highest BCUT2D eigenvalue weighted by molar-refractivity contribution is 5.94. The van der Waals surface area contributed by atoms with E-state index in [2.05, 4.69) is 10.3 Å². The van der Waals surface area contributed by atoms with Gasteiger partial charge >= 0.3 is 5.97 Å². The van der Waals surface area contributed by atoms with E-state index in [1.54, 1.807) is 10.9 Å². The maximum atomic E-state index is 12.2. The molecule has 1 saturated heterocycles. The van der Waals surface area contributed by atoms with E-state index in [1.165, 1.54) is 4.90 Å². The van der Waals surface area contributed by atoms with Crippen LogP contribution in [0.3, 0.4) is 0 Å². The number of nitrogens with zero attached hydrogens (tertiary/aromatic N) is 4. The molecule has 1 unspecified atom stereocenters. The Kier molecular flexibility index (Phi) is 6.66. The number of hydrogen-bond donors (Lipinski definition) is 0. The van der Waals surface area contributed by atoms with E-state index in [4.69, 9.17) is 4.74 Å². The molecule has 1 fully saturated rings. The maximum Gasteiger partial charge on any atom is 0.307 e. The average Bonchev–Trinajstić information content (AvgIpc) is 3.01. The van der Waals surface area contributed by atoms with Crippen LogP contribution >= 0.6 is 0 Å². The topological polar surface area (TPSA) is 94.4 Å². The molecule has 0 radical (unpaired) electrons. The van der Waals surface area contributed by atoms with Crippen LogP contribution in [0.25, 0.3) is 0 Å². The highest BCUT2D eigenvalue weighted by Gasteiger charge is 2.34. The van der Waals surface area contributed by atoms with Gasteiger partial charge in [0.2, 0.25) is 5.91 Å². The largest absolute Gasteiger partial charge is 0.466 e. The molecule has 0 N–H and O–H groups in total. The smallest absolute Gasteiger partial charge is 0.307 e. The summed E-state index contributed by atoms with van der Waals surface area (Å²) in [6, 6.07) is 0. The lowest BCUT2D eigenvalue weighted by atomic mass is 9.85. The van der Waals surface area contributed by atoms with E-state index in [9.17, 15) is 14.4 Å². The van der Waals surface area contributed by atoms with Crippen LogP contribution in [0.1, 0.15) is 45.7 Å². The van der Waals surface area contributed by atoms with Gasteiger partial charge in [-0.2, -0.15) is 0 Å². The Labute approximate surface area is 147 Å². The molecule has 1 aliphatic rings. The summed E-state index contributed by atoms with van der Waals surface area (Å²) in [4.78, 5) is 37.4. The fourth-order valence-corrected chi connectivity index (χ4v) is 2.79. The van der Waals surface area contributed by atoms with Crippen molar-refractivity contribution in [1.29, 1.82) is 0 Å². The summed E-state index contributed by atoms with van der Waals surface area (Å²) in [5.41, 5.74) is 0.603. The quantitative estimate of drug-likeness (QED) is 0.654. The van der Waals surface area contributed by atoms with Crippen molar-refractivity contribution in [2.24, 2.45) is 11.8 Å². The van der Waals surface area contributed by atoms with Crippen LogP contribution in [-0.4, -0.2) is 50.7 Å². The number of carbonyl (C=O) groups is 3. The predicted molar refractivity (Wildman–Crippen MR) is 89.3 cm³/mol. The number of likely N-dealkylation sites (tertiary alicyclic amines) is 1. The molecule has 138 valence electrons. The lowest BCUT2D eigenvalue weighted by molar-refractivity contribution is -0.145. The second-order valence-electron chi connectivity index (χ2n) is 6.71. The number of aromatic nitrogens is 3. The van der Waals surface area contributed by atoms with E-state index in [0.717, 1.165) is 6.42 Å². The minimum Gasteiger partial charge on any atom is -0.466 e. The molecule has 25 heavy (non-hydrogen) atoms. The van der Waals surface area contributed by atoms with Crippen molar-refractivity contribution in [3.05, 3.63) is 11.9 Å². The number of ether oxygens (including phenoxy) is 1. The number of piperidine rings is 1. The van der Waals surface area contributed by atoms with Crippen LogP contribution in [0, 0.1) is 11.8 Å². The average molecular weight is 350 g/mol. The number of rotatable bonds is 8. The zero-order valence-corrected chi connectivity index (χ0v) is 15.1. The molecule has 1 aromatic rings. The standard InChI is InChI=1S/C17H26N4O4/c1-4-7-25-17(24)5-6-21-10-13(18-19-21)9-20-11-15(22)14(12(2)3)8-16(20)23/h10,12,14H,4-9,11H2,1-3H3. The van der Waals surface area contributed by atoms with Gasteiger partial charge in [-0.3, -0.25) is 19.1 Å². The fourth-order valence-electron chi connectivity index (χ4n) is 2.79. The monoisotopic (exact) mass is 350 g/mol. The summed E-state index contributed by atoms with van der Waals surface area (Å²) in [6.07, 6.45) is 2.97. The van der Waals surface area contributed by atoms with Crippen LogP contribution in [0.15, 0.2) is 6.20 Å². The molecule has 0 spiro atoms. The van der Waals surface area contributed by atoms with E-state index >= 15 is 0 Å². The van der Waals surface area contributed by atoms with Crippen molar-refractivity contribution in [1.82, 2.24) is 19.9 Å². The predicted octanol–water partition coefficient (Wildman–Crippen LogP) is 1.19. The first-order valence-corrected chi connectivity index (χ1v) is 8.75. The van der Waals surface area contributed by atoms with Crippen LogP contribution in [0.4, 0.5) is 0 Å². The third-order valence-corrected chi connectivity index (χ3v) is 4.26. The molecule has 0 saturated carbocycles. The highest BCUT2D eigenvalue weighted by Crippen LogP contribution is 2.23. The van der Waals surface area contributed by atoms with E-state index in [-0.39, 0.29) is 55.4 Å². The molecule has 0 aliphatic carbocycles. The third kappa shape index (κ3) is 5.37. The van der Waals surface area contributed by atoms with Crippen molar-refractivity contribution in [2.45, 2.75) is 53.1 Å².